The number of primary amides is 1. The van der Waals surface area contributed by atoms with Gasteiger partial charge in [-0.05, 0) is 44.2 Å². The Balaban J connectivity index is 0.00000676. The van der Waals surface area contributed by atoms with E-state index in [9.17, 15) is 4.79 Å². The minimum Gasteiger partial charge on any atom is -0.369 e. The van der Waals surface area contributed by atoms with Gasteiger partial charge in [0.1, 0.15) is 0 Å². The molecule has 7 heteroatoms. The van der Waals surface area contributed by atoms with E-state index < -0.39 is 0 Å². The lowest BCUT2D eigenvalue weighted by Crippen LogP contribution is -2.44. The van der Waals surface area contributed by atoms with Gasteiger partial charge in [-0.2, -0.15) is 0 Å². The van der Waals surface area contributed by atoms with Crippen LogP contribution < -0.4 is 16.4 Å². The van der Waals surface area contributed by atoms with Gasteiger partial charge < -0.3 is 21.3 Å². The number of piperidine rings is 1. The summed E-state index contributed by atoms with van der Waals surface area (Å²) in [4.78, 5) is 18.0. The third-order valence-corrected chi connectivity index (χ3v) is 5.27. The molecule has 0 saturated carbocycles. The van der Waals surface area contributed by atoms with Crippen LogP contribution in [-0.4, -0.2) is 56.5 Å². The van der Waals surface area contributed by atoms with Crippen LogP contribution in [0.1, 0.15) is 65.7 Å². The third kappa shape index (κ3) is 11.8. The van der Waals surface area contributed by atoms with Gasteiger partial charge in [-0.1, -0.05) is 40.0 Å². The van der Waals surface area contributed by atoms with Crippen LogP contribution in [-0.2, 0) is 4.79 Å². The van der Waals surface area contributed by atoms with Crippen molar-refractivity contribution in [3.63, 3.8) is 0 Å². The first-order chi connectivity index (χ1) is 12.4. The van der Waals surface area contributed by atoms with Crippen molar-refractivity contribution in [2.75, 3.05) is 39.8 Å². The molecule has 0 radical (unpaired) electrons. The summed E-state index contributed by atoms with van der Waals surface area (Å²) >= 11 is 0. The average molecular weight is 495 g/mol. The molecular formula is C20H42IN5O. The lowest BCUT2D eigenvalue weighted by Gasteiger charge is -2.31. The molecule has 1 amide bonds. The molecule has 0 aromatic rings. The van der Waals surface area contributed by atoms with Gasteiger partial charge in [-0.25, -0.2) is 0 Å². The summed E-state index contributed by atoms with van der Waals surface area (Å²) in [6.45, 7) is 11.6. The molecule has 0 aromatic carbocycles. The standard InChI is InChI=1S/C20H41N5O.HI/c1-5-6-7-11-20(2,3)16-24-19(22-4)23-12-9-14-25-13-8-10-17(15-25)18(21)26;/h17H,5-16H2,1-4H3,(H2,21,26)(H2,22,23,24);1H. The molecule has 1 heterocycles. The summed E-state index contributed by atoms with van der Waals surface area (Å²) in [6.07, 6.45) is 8.14. The van der Waals surface area contributed by atoms with Gasteiger partial charge in [-0.3, -0.25) is 9.79 Å². The van der Waals surface area contributed by atoms with E-state index in [1.807, 2.05) is 7.05 Å². The number of carbonyl (C=O) groups is 1. The van der Waals surface area contributed by atoms with Gasteiger partial charge in [0.15, 0.2) is 5.96 Å². The van der Waals surface area contributed by atoms with Crippen LogP contribution >= 0.6 is 24.0 Å². The van der Waals surface area contributed by atoms with Crippen molar-refractivity contribution in [1.82, 2.24) is 15.5 Å². The van der Waals surface area contributed by atoms with Crippen LogP contribution in [0.4, 0.5) is 0 Å². The quantitative estimate of drug-likeness (QED) is 0.178. The number of likely N-dealkylation sites (tertiary alicyclic amines) is 1. The van der Waals surface area contributed by atoms with Crippen LogP contribution in [0.3, 0.4) is 0 Å². The summed E-state index contributed by atoms with van der Waals surface area (Å²) in [5, 5.41) is 6.86. The largest absolute Gasteiger partial charge is 0.369 e. The minimum atomic E-state index is -0.154. The molecule has 6 nitrogen and oxygen atoms in total. The van der Waals surface area contributed by atoms with E-state index in [0.717, 1.165) is 57.9 Å². The van der Waals surface area contributed by atoms with Crippen LogP contribution in [0.25, 0.3) is 0 Å². The molecule has 160 valence electrons. The Morgan fingerprint density at radius 1 is 1.26 bits per heavy atom. The van der Waals surface area contributed by atoms with E-state index in [4.69, 9.17) is 5.73 Å². The minimum absolute atomic E-state index is 0. The van der Waals surface area contributed by atoms with Crippen molar-refractivity contribution in [2.45, 2.75) is 65.7 Å². The SMILES string of the molecule is CCCCCC(C)(C)CNC(=NC)NCCCN1CCCC(C(N)=O)C1.I. The Kier molecular flexibility index (Phi) is 14.1. The monoisotopic (exact) mass is 495 g/mol. The molecule has 4 N–H and O–H groups in total. The van der Waals surface area contributed by atoms with Crippen LogP contribution in [0, 0.1) is 11.3 Å². The number of nitrogens with two attached hydrogens (primary N) is 1. The van der Waals surface area contributed by atoms with Crippen LogP contribution in [0.5, 0.6) is 0 Å². The Morgan fingerprint density at radius 3 is 2.63 bits per heavy atom. The Hall–Kier alpha value is -0.570. The molecule has 0 bridgehead atoms. The number of amides is 1. The first kappa shape index (κ1) is 26.4. The highest BCUT2D eigenvalue weighted by atomic mass is 127. The number of hydrogen-bond acceptors (Lipinski definition) is 3. The maximum absolute atomic E-state index is 11.4. The fourth-order valence-electron chi connectivity index (χ4n) is 3.49. The van der Waals surface area contributed by atoms with Crippen LogP contribution in [0.15, 0.2) is 4.99 Å². The predicted molar refractivity (Wildman–Crippen MR) is 126 cm³/mol. The molecule has 0 aliphatic carbocycles. The summed E-state index contributed by atoms with van der Waals surface area (Å²) < 4.78 is 0. The van der Waals surface area contributed by atoms with Gasteiger partial charge >= 0.3 is 0 Å². The van der Waals surface area contributed by atoms with Gasteiger partial charge in [-0.15, -0.1) is 24.0 Å². The van der Waals surface area contributed by atoms with Crippen molar-refractivity contribution >= 4 is 35.8 Å². The second-order valence-electron chi connectivity index (χ2n) is 8.37. The summed E-state index contributed by atoms with van der Waals surface area (Å²) in [5.74, 6) is 0.752. The number of nitrogens with zero attached hydrogens (tertiary/aromatic N) is 2. The van der Waals surface area contributed by atoms with Crippen LogP contribution in [0.2, 0.25) is 0 Å². The smallest absolute Gasteiger partial charge is 0.221 e. The second kappa shape index (κ2) is 14.4. The number of aliphatic imine (C=N–C) groups is 1. The predicted octanol–water partition coefficient (Wildman–Crippen LogP) is 2.96. The number of guanidine groups is 1. The first-order valence-electron chi connectivity index (χ1n) is 10.3. The molecular weight excluding hydrogens is 453 g/mol. The number of hydrogen-bond donors (Lipinski definition) is 3. The maximum atomic E-state index is 11.4. The topological polar surface area (TPSA) is 82.8 Å². The molecule has 0 spiro atoms. The zero-order chi connectivity index (χ0) is 19.4. The summed E-state index contributed by atoms with van der Waals surface area (Å²) in [7, 11) is 1.82. The Labute approximate surface area is 183 Å². The molecule has 1 unspecified atom stereocenters. The lowest BCUT2D eigenvalue weighted by molar-refractivity contribution is -0.123. The molecule has 0 aromatic heterocycles. The van der Waals surface area contributed by atoms with E-state index in [2.05, 4.69) is 41.3 Å². The van der Waals surface area contributed by atoms with Crippen molar-refractivity contribution in [3.05, 3.63) is 0 Å². The van der Waals surface area contributed by atoms with Crippen molar-refractivity contribution < 1.29 is 4.79 Å². The normalized spacial score (nSPS) is 18.7. The lowest BCUT2D eigenvalue weighted by atomic mass is 9.87. The number of nitrogens with one attached hydrogen (secondary N) is 2. The number of unbranched alkanes of at least 4 members (excludes halogenated alkanes) is 2. The molecule has 1 fully saturated rings. The van der Waals surface area contributed by atoms with E-state index in [-0.39, 0.29) is 41.2 Å². The Bertz CT molecular complexity index is 442. The van der Waals surface area contributed by atoms with E-state index >= 15 is 0 Å². The average Bonchev–Trinajstić information content (AvgIpc) is 2.61. The zero-order valence-electron chi connectivity index (χ0n) is 17.9. The molecule has 1 aliphatic heterocycles. The molecule has 1 rings (SSSR count). The van der Waals surface area contributed by atoms with Gasteiger partial charge in [0, 0.05) is 26.7 Å². The summed E-state index contributed by atoms with van der Waals surface area (Å²) in [6, 6.07) is 0. The van der Waals surface area contributed by atoms with Crippen molar-refractivity contribution in [2.24, 2.45) is 22.1 Å². The highest BCUT2D eigenvalue weighted by Crippen LogP contribution is 2.22. The van der Waals surface area contributed by atoms with Gasteiger partial charge in [0.25, 0.3) is 0 Å². The number of rotatable bonds is 11. The van der Waals surface area contributed by atoms with E-state index in [0.29, 0.717) is 0 Å². The van der Waals surface area contributed by atoms with Crippen molar-refractivity contribution in [3.8, 4) is 0 Å². The first-order valence-corrected chi connectivity index (χ1v) is 10.3. The van der Waals surface area contributed by atoms with Gasteiger partial charge in [0.05, 0.1) is 5.92 Å². The second-order valence-corrected chi connectivity index (χ2v) is 8.37. The fraction of sp³-hybridized carbons (Fsp3) is 0.900. The molecule has 1 saturated heterocycles. The molecule has 1 atom stereocenters. The van der Waals surface area contributed by atoms with E-state index in [1.54, 1.807) is 0 Å². The number of carbonyl (C=O) groups excluding carboxylic acids is 1. The highest BCUT2D eigenvalue weighted by molar-refractivity contribution is 14.0. The zero-order valence-corrected chi connectivity index (χ0v) is 20.2. The van der Waals surface area contributed by atoms with E-state index in [1.165, 1.54) is 25.7 Å². The number of halogens is 1. The van der Waals surface area contributed by atoms with Gasteiger partial charge in [0.2, 0.25) is 5.91 Å². The molecule has 1 aliphatic rings. The highest BCUT2D eigenvalue weighted by Gasteiger charge is 2.23. The summed E-state index contributed by atoms with van der Waals surface area (Å²) in [5.41, 5.74) is 5.73. The Morgan fingerprint density at radius 2 is 2.00 bits per heavy atom. The maximum Gasteiger partial charge on any atom is 0.221 e. The van der Waals surface area contributed by atoms with Crippen molar-refractivity contribution in [1.29, 1.82) is 0 Å². The molecule has 27 heavy (non-hydrogen) atoms. The third-order valence-electron chi connectivity index (χ3n) is 5.27. The fourth-order valence-corrected chi connectivity index (χ4v) is 3.49.